The first-order valence-electron chi connectivity index (χ1n) is 8.61. The van der Waals surface area contributed by atoms with Crippen LogP contribution in [0, 0.1) is 6.92 Å². The van der Waals surface area contributed by atoms with E-state index in [0.29, 0.717) is 5.75 Å². The zero-order chi connectivity index (χ0) is 21.4. The number of methoxy groups -OCH3 is 1. The van der Waals surface area contributed by atoms with Crippen LogP contribution in [0.1, 0.15) is 16.3 Å². The zero-order valence-electron chi connectivity index (χ0n) is 15.9. The molecule has 0 radical (unpaired) electrons. The summed E-state index contributed by atoms with van der Waals surface area (Å²) in [6.45, 7) is 1.87. The summed E-state index contributed by atoms with van der Waals surface area (Å²) in [4.78, 5) is 13.9. The van der Waals surface area contributed by atoms with Crippen LogP contribution in [0.25, 0.3) is 0 Å². The molecule has 12 heteroatoms. The number of sulfonamides is 2. The summed E-state index contributed by atoms with van der Waals surface area (Å²) in [5.41, 5.74) is 0. The molecule has 158 valence electrons. The SMILES string of the molecule is COc1ccc(S(=O)(=O)N2CCN(C(=O)c3cc(S(N)(=O)=O)c(C)o3)CC2)cc1. The lowest BCUT2D eigenvalue weighted by Crippen LogP contribution is -2.50. The van der Waals surface area contributed by atoms with Crippen LogP contribution in [-0.4, -0.2) is 65.2 Å². The van der Waals surface area contributed by atoms with Gasteiger partial charge in [0.25, 0.3) is 5.91 Å². The Morgan fingerprint density at radius 3 is 2.14 bits per heavy atom. The Morgan fingerprint density at radius 1 is 1.07 bits per heavy atom. The van der Waals surface area contributed by atoms with Crippen molar-refractivity contribution in [3.63, 3.8) is 0 Å². The second-order valence-electron chi connectivity index (χ2n) is 6.45. The van der Waals surface area contributed by atoms with Gasteiger partial charge in [0.05, 0.1) is 12.0 Å². The van der Waals surface area contributed by atoms with Gasteiger partial charge in [0.15, 0.2) is 5.76 Å². The van der Waals surface area contributed by atoms with Crippen LogP contribution in [-0.2, 0) is 20.0 Å². The van der Waals surface area contributed by atoms with E-state index in [1.54, 1.807) is 12.1 Å². The van der Waals surface area contributed by atoms with Crippen LogP contribution < -0.4 is 9.88 Å². The van der Waals surface area contributed by atoms with Crippen molar-refractivity contribution in [2.75, 3.05) is 33.3 Å². The highest BCUT2D eigenvalue weighted by Crippen LogP contribution is 2.23. The average molecular weight is 444 g/mol. The van der Waals surface area contributed by atoms with Gasteiger partial charge in [-0.2, -0.15) is 4.31 Å². The van der Waals surface area contributed by atoms with Crippen LogP contribution in [0.15, 0.2) is 44.5 Å². The fourth-order valence-corrected chi connectivity index (χ4v) is 5.17. The lowest BCUT2D eigenvalue weighted by atomic mass is 10.3. The molecule has 1 aromatic heterocycles. The van der Waals surface area contributed by atoms with Gasteiger partial charge >= 0.3 is 0 Å². The molecule has 1 aromatic carbocycles. The molecule has 1 aliphatic rings. The van der Waals surface area contributed by atoms with Gasteiger partial charge in [-0.15, -0.1) is 0 Å². The Balaban J connectivity index is 1.70. The van der Waals surface area contributed by atoms with Crippen LogP contribution in [0.3, 0.4) is 0 Å². The Kier molecular flexibility index (Phi) is 5.72. The number of rotatable bonds is 5. The highest BCUT2D eigenvalue weighted by molar-refractivity contribution is 7.89. The second-order valence-corrected chi connectivity index (χ2v) is 9.92. The number of furan rings is 1. The van der Waals surface area contributed by atoms with Crippen LogP contribution in [0.2, 0.25) is 0 Å². The molecule has 1 saturated heterocycles. The summed E-state index contributed by atoms with van der Waals surface area (Å²) < 4.78 is 60.1. The number of nitrogens with zero attached hydrogens (tertiary/aromatic N) is 2. The zero-order valence-corrected chi connectivity index (χ0v) is 17.5. The van der Waals surface area contributed by atoms with Crippen molar-refractivity contribution >= 4 is 26.0 Å². The summed E-state index contributed by atoms with van der Waals surface area (Å²) in [5, 5.41) is 5.10. The number of carbonyl (C=O) groups is 1. The number of benzene rings is 1. The first-order chi connectivity index (χ1) is 13.5. The van der Waals surface area contributed by atoms with Gasteiger partial charge < -0.3 is 14.1 Å². The predicted molar refractivity (Wildman–Crippen MR) is 102 cm³/mol. The number of nitrogens with two attached hydrogens (primary N) is 1. The minimum Gasteiger partial charge on any atom is -0.497 e. The number of piperazine rings is 1. The topological polar surface area (TPSA) is 140 Å². The molecule has 3 rings (SSSR count). The molecule has 0 unspecified atom stereocenters. The van der Waals surface area contributed by atoms with Gasteiger partial charge in [0, 0.05) is 32.2 Å². The highest BCUT2D eigenvalue weighted by atomic mass is 32.2. The van der Waals surface area contributed by atoms with E-state index >= 15 is 0 Å². The lowest BCUT2D eigenvalue weighted by Gasteiger charge is -2.33. The van der Waals surface area contributed by atoms with Crippen molar-refractivity contribution in [1.29, 1.82) is 0 Å². The number of hydrogen-bond donors (Lipinski definition) is 1. The molecule has 10 nitrogen and oxygen atoms in total. The normalized spacial score (nSPS) is 16.0. The van der Waals surface area contributed by atoms with Crippen LogP contribution in [0.5, 0.6) is 5.75 Å². The Morgan fingerprint density at radius 2 is 1.66 bits per heavy atom. The maximum absolute atomic E-state index is 12.8. The molecule has 0 bridgehead atoms. The molecule has 0 aliphatic carbocycles. The van der Waals surface area contributed by atoms with E-state index in [1.807, 2.05) is 0 Å². The molecular formula is C17H21N3O7S2. The third kappa shape index (κ3) is 4.29. The molecule has 0 spiro atoms. The lowest BCUT2D eigenvalue weighted by molar-refractivity contribution is 0.0664. The molecule has 0 saturated carbocycles. The maximum atomic E-state index is 12.8. The quantitative estimate of drug-likeness (QED) is 0.705. The summed E-state index contributed by atoms with van der Waals surface area (Å²) in [5.74, 6) is -0.106. The molecule has 2 heterocycles. The van der Waals surface area contributed by atoms with Crippen molar-refractivity contribution in [3.8, 4) is 5.75 Å². The predicted octanol–water partition coefficient (Wildman–Crippen LogP) is 0.391. The minimum absolute atomic E-state index is 0.0246. The summed E-state index contributed by atoms with van der Waals surface area (Å²) in [6.07, 6.45) is 0. The third-order valence-electron chi connectivity index (χ3n) is 4.61. The first kappa shape index (κ1) is 21.3. The minimum atomic E-state index is -4.00. The fourth-order valence-electron chi connectivity index (χ4n) is 3.04. The number of ether oxygens (including phenoxy) is 1. The van der Waals surface area contributed by atoms with Crippen molar-refractivity contribution in [3.05, 3.63) is 41.9 Å². The third-order valence-corrected chi connectivity index (χ3v) is 7.54. The van der Waals surface area contributed by atoms with E-state index in [4.69, 9.17) is 14.3 Å². The van der Waals surface area contributed by atoms with Crippen molar-refractivity contribution < 1.29 is 30.8 Å². The van der Waals surface area contributed by atoms with Crippen molar-refractivity contribution in [2.45, 2.75) is 16.7 Å². The Labute approximate surface area is 168 Å². The van der Waals surface area contributed by atoms with E-state index in [0.717, 1.165) is 6.07 Å². The molecule has 2 aromatic rings. The number of amides is 1. The van der Waals surface area contributed by atoms with Crippen molar-refractivity contribution in [2.24, 2.45) is 5.14 Å². The van der Waals surface area contributed by atoms with Gasteiger partial charge in [0.1, 0.15) is 16.4 Å². The largest absolute Gasteiger partial charge is 0.497 e. The maximum Gasteiger partial charge on any atom is 0.289 e. The van der Waals surface area contributed by atoms with Crippen LogP contribution in [0.4, 0.5) is 0 Å². The summed E-state index contributed by atoms with van der Waals surface area (Å²) in [7, 11) is -6.21. The van der Waals surface area contributed by atoms with Gasteiger partial charge in [-0.3, -0.25) is 4.79 Å². The summed E-state index contributed by atoms with van der Waals surface area (Å²) in [6, 6.07) is 7.15. The van der Waals surface area contributed by atoms with Crippen LogP contribution >= 0.6 is 0 Å². The van der Waals surface area contributed by atoms with E-state index in [-0.39, 0.29) is 47.5 Å². The Hall–Kier alpha value is -2.41. The molecule has 1 aliphatic heterocycles. The monoisotopic (exact) mass is 443 g/mol. The number of hydrogen-bond acceptors (Lipinski definition) is 7. The molecule has 29 heavy (non-hydrogen) atoms. The van der Waals surface area contributed by atoms with Gasteiger partial charge in [-0.05, 0) is 31.2 Å². The first-order valence-corrected chi connectivity index (χ1v) is 11.6. The smallest absolute Gasteiger partial charge is 0.289 e. The summed E-state index contributed by atoms with van der Waals surface area (Å²) >= 11 is 0. The van der Waals surface area contributed by atoms with E-state index in [2.05, 4.69) is 0 Å². The molecule has 0 atom stereocenters. The van der Waals surface area contributed by atoms with E-state index in [9.17, 15) is 21.6 Å². The van der Waals surface area contributed by atoms with E-state index < -0.39 is 26.0 Å². The standard InChI is InChI=1S/C17H21N3O7S2/c1-12-16(28(18,22)23)11-15(27-12)17(21)19-7-9-20(10-8-19)29(24,25)14-5-3-13(26-2)4-6-14/h3-6,11H,7-10H2,1-2H3,(H2,18,22,23). The fraction of sp³-hybridized carbons (Fsp3) is 0.353. The molecule has 2 N–H and O–H groups in total. The van der Waals surface area contributed by atoms with Gasteiger partial charge in [0.2, 0.25) is 20.0 Å². The van der Waals surface area contributed by atoms with Gasteiger partial charge in [-0.25, -0.2) is 22.0 Å². The number of primary sulfonamides is 1. The second kappa shape index (κ2) is 7.78. The Bertz CT molecular complexity index is 1110. The number of carbonyl (C=O) groups excluding carboxylic acids is 1. The molecule has 1 fully saturated rings. The molecular weight excluding hydrogens is 422 g/mol. The van der Waals surface area contributed by atoms with E-state index in [1.165, 1.54) is 35.4 Å². The van der Waals surface area contributed by atoms with Gasteiger partial charge in [-0.1, -0.05) is 0 Å². The highest BCUT2D eigenvalue weighted by Gasteiger charge is 2.32. The molecule has 1 amide bonds. The number of aryl methyl sites for hydroxylation is 1. The van der Waals surface area contributed by atoms with Crippen molar-refractivity contribution in [1.82, 2.24) is 9.21 Å². The average Bonchev–Trinajstić information content (AvgIpc) is 3.09.